The van der Waals surface area contributed by atoms with Gasteiger partial charge in [0.15, 0.2) is 11.6 Å². The lowest BCUT2D eigenvalue weighted by molar-refractivity contribution is -0.159. The first kappa shape index (κ1) is 25.4. The summed E-state index contributed by atoms with van der Waals surface area (Å²) < 4.78 is 4.81. The lowest BCUT2D eigenvalue weighted by atomic mass is 9.61. The smallest absolute Gasteiger partial charge is 0.324 e. The van der Waals surface area contributed by atoms with Crippen LogP contribution in [0.2, 0.25) is 0 Å². The lowest BCUT2D eigenvalue weighted by Crippen LogP contribution is -2.66. The highest BCUT2D eigenvalue weighted by Gasteiger charge is 2.58. The van der Waals surface area contributed by atoms with E-state index >= 15 is 0 Å². The summed E-state index contributed by atoms with van der Waals surface area (Å²) in [4.78, 5) is 40.1. The molecule has 0 radical (unpaired) electrons. The second-order valence-electron chi connectivity index (χ2n) is 8.35. The number of ketones is 2. The summed E-state index contributed by atoms with van der Waals surface area (Å²) in [6.45, 7) is 3.34. The summed E-state index contributed by atoms with van der Waals surface area (Å²) in [6.07, 6.45) is 0.395. The van der Waals surface area contributed by atoms with Gasteiger partial charge < -0.3 is 21.9 Å². The summed E-state index contributed by atoms with van der Waals surface area (Å²) in [7, 11) is 1.16. The SMILES string of the molecule is COC(=O)[C@@H](N)C(C(=O)[C@H](N)Cc1ccccc1)(C(=O)[C@@H](N)Cc1ccccc1)C(C)C. The lowest BCUT2D eigenvalue weighted by Gasteiger charge is -2.41. The molecule has 4 atom stereocenters. The van der Waals surface area contributed by atoms with Gasteiger partial charge in [0.05, 0.1) is 19.2 Å². The number of ether oxygens (including phenoxy) is 1. The fourth-order valence-electron chi connectivity index (χ4n) is 4.20. The Labute approximate surface area is 189 Å². The van der Waals surface area contributed by atoms with Crippen LogP contribution in [0.5, 0.6) is 0 Å². The third-order valence-corrected chi connectivity index (χ3v) is 5.94. The highest BCUT2D eigenvalue weighted by molar-refractivity contribution is 6.14. The molecule has 0 spiro atoms. The van der Waals surface area contributed by atoms with Gasteiger partial charge in [-0.15, -0.1) is 0 Å². The number of hydrogen-bond donors (Lipinski definition) is 3. The molecule has 172 valence electrons. The van der Waals surface area contributed by atoms with Crippen molar-refractivity contribution in [2.24, 2.45) is 28.5 Å². The zero-order chi connectivity index (χ0) is 23.9. The summed E-state index contributed by atoms with van der Waals surface area (Å²) in [5.74, 6) is -2.72. The van der Waals surface area contributed by atoms with Crippen molar-refractivity contribution >= 4 is 17.5 Å². The number of nitrogens with two attached hydrogens (primary N) is 3. The number of esters is 1. The summed E-state index contributed by atoms with van der Waals surface area (Å²) in [5, 5.41) is 0. The first-order valence-electron chi connectivity index (χ1n) is 10.7. The first-order valence-corrected chi connectivity index (χ1v) is 10.7. The van der Waals surface area contributed by atoms with Crippen LogP contribution in [-0.4, -0.2) is 42.8 Å². The molecular formula is C25H33N3O4. The number of carbonyl (C=O) groups excluding carboxylic acids is 3. The second-order valence-corrected chi connectivity index (χ2v) is 8.35. The molecule has 0 aliphatic rings. The van der Waals surface area contributed by atoms with E-state index in [0.717, 1.165) is 18.2 Å². The van der Waals surface area contributed by atoms with Crippen molar-refractivity contribution in [2.75, 3.05) is 7.11 Å². The summed E-state index contributed by atoms with van der Waals surface area (Å²) in [6, 6.07) is 14.8. The van der Waals surface area contributed by atoms with Crippen LogP contribution in [0.1, 0.15) is 25.0 Å². The van der Waals surface area contributed by atoms with Gasteiger partial charge in [0.2, 0.25) is 0 Å². The predicted molar refractivity (Wildman–Crippen MR) is 124 cm³/mol. The molecular weight excluding hydrogens is 406 g/mol. The highest BCUT2D eigenvalue weighted by Crippen LogP contribution is 2.36. The topological polar surface area (TPSA) is 138 Å². The van der Waals surface area contributed by atoms with Gasteiger partial charge in [0.25, 0.3) is 0 Å². The molecule has 0 amide bonds. The minimum absolute atomic E-state index is 0.198. The highest BCUT2D eigenvalue weighted by atomic mass is 16.5. The molecule has 0 aliphatic carbocycles. The number of rotatable bonds is 11. The molecule has 6 N–H and O–H groups in total. The van der Waals surface area contributed by atoms with Crippen LogP contribution in [0.25, 0.3) is 0 Å². The Hall–Kier alpha value is -2.87. The van der Waals surface area contributed by atoms with E-state index in [1.165, 1.54) is 0 Å². The number of benzene rings is 2. The van der Waals surface area contributed by atoms with Crippen molar-refractivity contribution in [3.63, 3.8) is 0 Å². The molecule has 0 saturated carbocycles. The van der Waals surface area contributed by atoms with Crippen molar-refractivity contribution in [1.29, 1.82) is 0 Å². The van der Waals surface area contributed by atoms with E-state index in [9.17, 15) is 14.4 Å². The second kappa shape index (κ2) is 11.1. The zero-order valence-corrected chi connectivity index (χ0v) is 18.9. The standard InChI is InChI=1S/C25H33N3O4/c1-16(2)25(21(28)24(31)32-3,22(29)19(26)14-17-10-6-4-7-11-17)23(30)20(27)15-18-12-8-5-9-13-18/h4-13,16,19-21H,14-15,26-28H2,1-3H3/t19-,20+,21-,25?/m1/s1. The fraction of sp³-hybridized carbons (Fsp3) is 0.400. The molecule has 2 aromatic carbocycles. The van der Waals surface area contributed by atoms with Crippen LogP contribution in [-0.2, 0) is 32.0 Å². The van der Waals surface area contributed by atoms with Gasteiger partial charge in [-0.2, -0.15) is 0 Å². The van der Waals surface area contributed by atoms with Gasteiger partial charge in [0.1, 0.15) is 11.5 Å². The van der Waals surface area contributed by atoms with E-state index in [-0.39, 0.29) is 12.8 Å². The summed E-state index contributed by atoms with van der Waals surface area (Å²) >= 11 is 0. The largest absolute Gasteiger partial charge is 0.468 e. The molecule has 2 rings (SSSR count). The van der Waals surface area contributed by atoms with Gasteiger partial charge in [0, 0.05) is 0 Å². The first-order chi connectivity index (χ1) is 15.2. The molecule has 0 heterocycles. The van der Waals surface area contributed by atoms with Crippen LogP contribution in [0, 0.1) is 11.3 Å². The van der Waals surface area contributed by atoms with Crippen LogP contribution >= 0.6 is 0 Å². The number of Topliss-reactive ketones (excluding diaryl/α,β-unsaturated/α-hetero) is 2. The fourth-order valence-corrected chi connectivity index (χ4v) is 4.20. The van der Waals surface area contributed by atoms with E-state index in [0.29, 0.717) is 0 Å². The average Bonchev–Trinajstić information content (AvgIpc) is 2.79. The Bertz CT molecular complexity index is 856. The maximum absolute atomic E-state index is 13.8. The third-order valence-electron chi connectivity index (χ3n) is 5.94. The van der Waals surface area contributed by atoms with E-state index in [2.05, 4.69) is 0 Å². The number of hydrogen-bond acceptors (Lipinski definition) is 7. The average molecular weight is 440 g/mol. The zero-order valence-electron chi connectivity index (χ0n) is 18.9. The normalized spacial score (nSPS) is 16.0. The van der Waals surface area contributed by atoms with Crippen molar-refractivity contribution in [3.05, 3.63) is 71.8 Å². The van der Waals surface area contributed by atoms with E-state index in [1.54, 1.807) is 13.8 Å². The molecule has 0 fully saturated rings. The van der Waals surface area contributed by atoms with Crippen LogP contribution in [0.15, 0.2) is 60.7 Å². The van der Waals surface area contributed by atoms with E-state index < -0.39 is 47.0 Å². The predicted octanol–water partition coefficient (Wildman–Crippen LogP) is 1.41. The molecule has 0 saturated heterocycles. The Kier molecular flexibility index (Phi) is 8.83. The minimum atomic E-state index is -1.92. The van der Waals surface area contributed by atoms with Crippen LogP contribution in [0.4, 0.5) is 0 Å². The Morgan fingerprint density at radius 3 is 1.47 bits per heavy atom. The third kappa shape index (κ3) is 5.30. The van der Waals surface area contributed by atoms with E-state index in [1.807, 2.05) is 60.7 Å². The molecule has 1 unspecified atom stereocenters. The molecule has 7 heteroatoms. The van der Waals surface area contributed by atoms with Crippen molar-refractivity contribution < 1.29 is 19.1 Å². The maximum atomic E-state index is 13.8. The molecule has 2 aromatic rings. The van der Waals surface area contributed by atoms with Crippen molar-refractivity contribution in [2.45, 2.75) is 44.8 Å². The van der Waals surface area contributed by atoms with Gasteiger partial charge in [-0.1, -0.05) is 74.5 Å². The van der Waals surface area contributed by atoms with Gasteiger partial charge >= 0.3 is 5.97 Å². The van der Waals surface area contributed by atoms with Gasteiger partial charge in [-0.05, 0) is 29.9 Å². The van der Waals surface area contributed by atoms with E-state index in [4.69, 9.17) is 21.9 Å². The summed E-state index contributed by atoms with van der Waals surface area (Å²) in [5.41, 5.74) is 18.6. The van der Waals surface area contributed by atoms with Gasteiger partial charge in [-0.3, -0.25) is 14.4 Å². The monoisotopic (exact) mass is 439 g/mol. The van der Waals surface area contributed by atoms with Gasteiger partial charge in [-0.25, -0.2) is 0 Å². The van der Waals surface area contributed by atoms with Crippen LogP contribution < -0.4 is 17.2 Å². The maximum Gasteiger partial charge on any atom is 0.324 e. The van der Waals surface area contributed by atoms with Crippen molar-refractivity contribution in [1.82, 2.24) is 0 Å². The quantitative estimate of drug-likeness (QED) is 0.355. The van der Waals surface area contributed by atoms with Crippen LogP contribution in [0.3, 0.4) is 0 Å². The number of carbonyl (C=O) groups is 3. The molecule has 7 nitrogen and oxygen atoms in total. The molecule has 32 heavy (non-hydrogen) atoms. The minimum Gasteiger partial charge on any atom is -0.468 e. The molecule has 0 aromatic heterocycles. The molecule has 0 aliphatic heterocycles. The van der Waals surface area contributed by atoms with Crippen molar-refractivity contribution in [3.8, 4) is 0 Å². The molecule has 0 bridgehead atoms. The Morgan fingerprint density at radius 2 is 1.16 bits per heavy atom. The Morgan fingerprint density at radius 1 is 0.781 bits per heavy atom. The Balaban J connectivity index is 2.48. The number of methoxy groups -OCH3 is 1.